The number of carbonyl (C=O) groups excluding carboxylic acids is 1. The summed E-state index contributed by atoms with van der Waals surface area (Å²) >= 11 is 2.92. The molecule has 0 spiro atoms. The van der Waals surface area contributed by atoms with Gasteiger partial charge in [-0.3, -0.25) is 9.69 Å². The summed E-state index contributed by atoms with van der Waals surface area (Å²) in [5.41, 5.74) is 0. The van der Waals surface area contributed by atoms with Crippen molar-refractivity contribution in [3.8, 4) is 0 Å². The van der Waals surface area contributed by atoms with Crippen molar-refractivity contribution in [1.29, 1.82) is 0 Å². The molecule has 1 aliphatic rings. The van der Waals surface area contributed by atoms with Crippen molar-refractivity contribution in [3.63, 3.8) is 0 Å². The molecule has 2 N–H and O–H groups in total. The lowest BCUT2D eigenvalue weighted by molar-refractivity contribution is -0.119. The Hall–Kier alpha value is -0.900. The molecule has 0 bridgehead atoms. The molecule has 1 atom stereocenters. The van der Waals surface area contributed by atoms with Crippen LogP contribution >= 0.6 is 23.1 Å². The molecule has 2 heterocycles. The summed E-state index contributed by atoms with van der Waals surface area (Å²) < 4.78 is 6.14. The Kier molecular flexibility index (Phi) is 7.37. The number of thioether (sulfide) groups is 1. The second kappa shape index (κ2) is 9.29. The van der Waals surface area contributed by atoms with E-state index in [4.69, 9.17) is 4.74 Å². The third-order valence-corrected chi connectivity index (χ3v) is 5.40. The van der Waals surface area contributed by atoms with Crippen LogP contribution in [0.5, 0.6) is 0 Å². The van der Waals surface area contributed by atoms with E-state index in [-0.39, 0.29) is 11.2 Å². The molecule has 1 saturated heterocycles. The first-order valence-corrected chi connectivity index (χ1v) is 9.14. The monoisotopic (exact) mass is 345 g/mol. The summed E-state index contributed by atoms with van der Waals surface area (Å²) in [5, 5.41) is 14.8. The Morgan fingerprint density at radius 2 is 2.23 bits per heavy atom. The molecular formula is C13H23N5O2S2. The van der Waals surface area contributed by atoms with Crippen LogP contribution in [0.2, 0.25) is 0 Å². The second-order valence-electron chi connectivity index (χ2n) is 4.98. The van der Waals surface area contributed by atoms with E-state index in [0.29, 0.717) is 0 Å². The van der Waals surface area contributed by atoms with Gasteiger partial charge in [0.05, 0.1) is 18.5 Å². The van der Waals surface area contributed by atoms with Crippen LogP contribution in [0.1, 0.15) is 13.3 Å². The van der Waals surface area contributed by atoms with Gasteiger partial charge in [-0.2, -0.15) is 0 Å². The van der Waals surface area contributed by atoms with Crippen LogP contribution in [0.15, 0.2) is 4.34 Å². The Morgan fingerprint density at radius 3 is 2.95 bits per heavy atom. The molecule has 1 fully saturated rings. The topological polar surface area (TPSA) is 79.4 Å². The summed E-state index contributed by atoms with van der Waals surface area (Å²) in [4.78, 5) is 13.9. The van der Waals surface area contributed by atoms with E-state index in [9.17, 15) is 4.79 Å². The lowest BCUT2D eigenvalue weighted by Gasteiger charge is -2.26. The first kappa shape index (κ1) is 17.5. The van der Waals surface area contributed by atoms with Crippen molar-refractivity contribution in [3.05, 3.63) is 0 Å². The Labute approximate surface area is 139 Å². The fourth-order valence-electron chi connectivity index (χ4n) is 2.06. The van der Waals surface area contributed by atoms with Gasteiger partial charge in [-0.15, -0.1) is 10.2 Å². The quantitative estimate of drug-likeness (QED) is 0.535. The van der Waals surface area contributed by atoms with E-state index in [0.717, 1.165) is 55.3 Å². The highest BCUT2D eigenvalue weighted by atomic mass is 32.2. The van der Waals surface area contributed by atoms with Crippen molar-refractivity contribution in [1.82, 2.24) is 20.4 Å². The van der Waals surface area contributed by atoms with Crippen LogP contribution in [-0.4, -0.2) is 72.7 Å². The van der Waals surface area contributed by atoms with Crippen molar-refractivity contribution in [2.75, 3.05) is 51.8 Å². The summed E-state index contributed by atoms with van der Waals surface area (Å²) in [7, 11) is 1.64. The Balaban J connectivity index is 1.65. The predicted molar refractivity (Wildman–Crippen MR) is 89.7 cm³/mol. The lowest BCUT2D eigenvalue weighted by atomic mass is 10.3. The van der Waals surface area contributed by atoms with E-state index >= 15 is 0 Å². The number of hydrogen-bond acceptors (Lipinski definition) is 8. The van der Waals surface area contributed by atoms with Gasteiger partial charge in [0.1, 0.15) is 0 Å². The van der Waals surface area contributed by atoms with Gasteiger partial charge >= 0.3 is 0 Å². The Morgan fingerprint density at radius 1 is 1.45 bits per heavy atom. The lowest BCUT2D eigenvalue weighted by Crippen LogP contribution is -2.37. The molecule has 1 aromatic heterocycles. The van der Waals surface area contributed by atoms with Gasteiger partial charge in [0.15, 0.2) is 4.34 Å². The highest BCUT2D eigenvalue weighted by Crippen LogP contribution is 2.28. The zero-order chi connectivity index (χ0) is 15.8. The van der Waals surface area contributed by atoms with Gasteiger partial charge < -0.3 is 15.4 Å². The number of anilines is 1. The molecule has 124 valence electrons. The molecule has 9 heteroatoms. The van der Waals surface area contributed by atoms with E-state index in [2.05, 4.69) is 25.7 Å². The maximum atomic E-state index is 11.5. The minimum absolute atomic E-state index is 0.000204. The van der Waals surface area contributed by atoms with E-state index in [1.54, 1.807) is 7.05 Å². The van der Waals surface area contributed by atoms with Crippen molar-refractivity contribution < 1.29 is 9.53 Å². The Bertz CT molecular complexity index is 465. The number of aromatic nitrogens is 2. The average molecular weight is 345 g/mol. The third-order valence-electron chi connectivity index (χ3n) is 3.33. The van der Waals surface area contributed by atoms with Crippen molar-refractivity contribution in [2.24, 2.45) is 0 Å². The van der Waals surface area contributed by atoms with Crippen LogP contribution in [-0.2, 0) is 9.53 Å². The molecule has 1 aliphatic heterocycles. The molecule has 0 aromatic carbocycles. The van der Waals surface area contributed by atoms with E-state index in [1.807, 2.05) is 6.92 Å². The first-order valence-electron chi connectivity index (χ1n) is 7.45. The molecule has 2 rings (SSSR count). The summed E-state index contributed by atoms with van der Waals surface area (Å²) in [5.74, 6) is 0.000204. The van der Waals surface area contributed by atoms with Crippen LogP contribution < -0.4 is 10.6 Å². The van der Waals surface area contributed by atoms with E-state index in [1.165, 1.54) is 23.1 Å². The normalized spacial score (nSPS) is 17.2. The van der Waals surface area contributed by atoms with Crippen LogP contribution in [0.4, 0.5) is 5.13 Å². The fraction of sp³-hybridized carbons (Fsp3) is 0.769. The molecule has 0 radical (unpaired) electrons. The van der Waals surface area contributed by atoms with Gasteiger partial charge in [-0.05, 0) is 19.9 Å². The molecule has 7 nitrogen and oxygen atoms in total. The largest absolute Gasteiger partial charge is 0.379 e. The average Bonchev–Trinajstić information content (AvgIpc) is 2.99. The number of nitrogens with one attached hydrogen (secondary N) is 2. The summed E-state index contributed by atoms with van der Waals surface area (Å²) in [6.07, 6.45) is 1.07. The number of hydrogen-bond donors (Lipinski definition) is 2. The second-order valence-corrected chi connectivity index (χ2v) is 7.55. The number of morpholine rings is 1. The fourth-order valence-corrected chi connectivity index (χ4v) is 4.04. The molecule has 0 aliphatic carbocycles. The number of amides is 1. The van der Waals surface area contributed by atoms with Crippen molar-refractivity contribution >= 4 is 34.1 Å². The minimum atomic E-state index is -0.160. The zero-order valence-corrected chi connectivity index (χ0v) is 14.6. The van der Waals surface area contributed by atoms with E-state index < -0.39 is 0 Å². The number of carbonyl (C=O) groups is 1. The number of rotatable bonds is 8. The molecule has 1 amide bonds. The highest BCUT2D eigenvalue weighted by Gasteiger charge is 2.15. The van der Waals surface area contributed by atoms with Crippen molar-refractivity contribution in [2.45, 2.75) is 22.9 Å². The maximum absolute atomic E-state index is 11.5. The molecular weight excluding hydrogens is 322 g/mol. The van der Waals surface area contributed by atoms with Gasteiger partial charge in [0.2, 0.25) is 11.0 Å². The van der Waals surface area contributed by atoms with Gasteiger partial charge in [-0.1, -0.05) is 23.1 Å². The minimum Gasteiger partial charge on any atom is -0.379 e. The first-order chi connectivity index (χ1) is 10.7. The maximum Gasteiger partial charge on any atom is 0.233 e. The summed E-state index contributed by atoms with van der Waals surface area (Å²) in [6.45, 7) is 7.54. The smallest absolute Gasteiger partial charge is 0.233 e. The molecule has 1 aromatic rings. The summed E-state index contributed by atoms with van der Waals surface area (Å²) in [6, 6.07) is 0. The van der Waals surface area contributed by atoms with Gasteiger partial charge in [-0.25, -0.2) is 0 Å². The molecule has 22 heavy (non-hydrogen) atoms. The van der Waals surface area contributed by atoms with Crippen LogP contribution in [0.25, 0.3) is 0 Å². The van der Waals surface area contributed by atoms with Gasteiger partial charge in [0, 0.05) is 26.7 Å². The van der Waals surface area contributed by atoms with Crippen LogP contribution in [0, 0.1) is 0 Å². The molecule has 0 saturated carbocycles. The van der Waals surface area contributed by atoms with Gasteiger partial charge in [0.25, 0.3) is 0 Å². The number of ether oxygens (including phenoxy) is 1. The standard InChI is InChI=1S/C13H23N5O2S2/c1-10(11(19)14-2)21-13-17-16-12(22-13)15-4-3-5-18-6-8-20-9-7-18/h10H,3-9H2,1-2H3,(H,14,19)(H,15,16)/t10-/m1/s1. The third kappa shape index (κ3) is 5.71. The van der Waals surface area contributed by atoms with Crippen LogP contribution in [0.3, 0.4) is 0 Å². The molecule has 0 unspecified atom stereocenters. The predicted octanol–water partition coefficient (Wildman–Crippen LogP) is 0.899. The number of nitrogens with zero attached hydrogens (tertiary/aromatic N) is 3. The highest BCUT2D eigenvalue weighted by molar-refractivity contribution is 8.02. The zero-order valence-electron chi connectivity index (χ0n) is 13.0. The SMILES string of the molecule is CNC(=O)[C@@H](C)Sc1nnc(NCCCN2CCOCC2)s1.